The molecule has 5 heterocycles. The number of benzene rings is 2. The van der Waals surface area contributed by atoms with Crippen LogP contribution in [0, 0.1) is 11.3 Å². The lowest BCUT2D eigenvalue weighted by Crippen LogP contribution is -2.82. The first kappa shape index (κ1) is 42.2. The highest BCUT2D eigenvalue weighted by Crippen LogP contribution is 2.68. The molecule has 1 saturated carbocycles. The molecule has 0 radical (unpaired) electrons. The summed E-state index contributed by atoms with van der Waals surface area (Å²) in [7, 11) is 6.88. The summed E-state index contributed by atoms with van der Waals surface area (Å²) in [4.78, 5) is 53.0. The lowest BCUT2D eigenvalue weighted by molar-refractivity contribution is -0.218. The summed E-state index contributed by atoms with van der Waals surface area (Å²) in [6.07, 6.45) is 5.62. The standard InChI is InChI=1S/C46H62N6O8/c1-9-42(56)24-27(3)25-45(41(55)59-8,36-30(16-20-50(5)26-42)29-14-11-12-15-33(29)48-36)32-22-31-34(23-35(32)58-7)51(6)38-44(31)18-21-52-19-13-17-43(10-2,37(44)52)39(60-28(4)53)46(38,57)40(54)49-47/h11-15,17,22-23,27,37-39,48,56-57H,9-10,16,18-21,24-26,47H2,1-8H3,(H,49,54)/t27-,37-,38+,39+,42-,43+,44+,45-,46-/m0/s1. The Morgan fingerprint density at radius 3 is 2.43 bits per heavy atom. The minimum absolute atomic E-state index is 0.193. The van der Waals surface area contributed by atoms with Crippen LogP contribution in [0.1, 0.15) is 82.2 Å². The Balaban J connectivity index is 1.47. The lowest BCUT2D eigenvalue weighted by Gasteiger charge is -2.63. The van der Waals surface area contributed by atoms with Crippen molar-refractivity contribution in [3.05, 3.63) is 70.9 Å². The number of aromatic nitrogens is 1. The van der Waals surface area contributed by atoms with E-state index >= 15 is 4.79 Å². The van der Waals surface area contributed by atoms with E-state index in [0.29, 0.717) is 75.3 Å². The van der Waals surface area contributed by atoms with E-state index in [1.807, 2.05) is 69.3 Å². The number of para-hydroxylation sites is 1. The van der Waals surface area contributed by atoms with Gasteiger partial charge in [0.05, 0.1) is 25.9 Å². The molecule has 14 nitrogen and oxygen atoms in total. The maximum absolute atomic E-state index is 15.3. The quantitative estimate of drug-likeness (QED) is 0.0771. The molecule has 4 aliphatic heterocycles. The number of amides is 1. The summed E-state index contributed by atoms with van der Waals surface area (Å²) in [6, 6.07) is 10.8. The van der Waals surface area contributed by atoms with Gasteiger partial charge in [-0.15, -0.1) is 0 Å². The van der Waals surface area contributed by atoms with E-state index in [9.17, 15) is 19.8 Å². The van der Waals surface area contributed by atoms with Crippen molar-refractivity contribution < 1.29 is 38.8 Å². The zero-order chi connectivity index (χ0) is 43.2. The predicted octanol–water partition coefficient (Wildman–Crippen LogP) is 3.44. The maximum Gasteiger partial charge on any atom is 0.322 e. The molecule has 3 aromatic rings. The molecule has 324 valence electrons. The Morgan fingerprint density at radius 2 is 1.77 bits per heavy atom. The van der Waals surface area contributed by atoms with E-state index in [2.05, 4.69) is 39.3 Å². The van der Waals surface area contributed by atoms with Crippen molar-refractivity contribution in [1.82, 2.24) is 20.2 Å². The van der Waals surface area contributed by atoms with Crippen LogP contribution in [0.5, 0.6) is 5.75 Å². The first-order chi connectivity index (χ1) is 28.6. The molecule has 0 unspecified atom stereocenters. The van der Waals surface area contributed by atoms with Gasteiger partial charge in [0.2, 0.25) is 5.60 Å². The van der Waals surface area contributed by atoms with Crippen LogP contribution in [0.15, 0.2) is 48.6 Å². The second kappa shape index (κ2) is 14.9. The van der Waals surface area contributed by atoms with Gasteiger partial charge in [0.1, 0.15) is 11.2 Å². The molecule has 8 rings (SSSR count). The number of fused-ring (bicyclic) bond motifs is 4. The van der Waals surface area contributed by atoms with E-state index in [4.69, 9.17) is 20.1 Å². The van der Waals surface area contributed by atoms with Gasteiger partial charge in [0, 0.05) is 84.4 Å². The van der Waals surface area contributed by atoms with Gasteiger partial charge in [-0.05, 0) is 81.3 Å². The number of H-pyrrole nitrogens is 1. The Hall–Kier alpha value is -4.47. The van der Waals surface area contributed by atoms with Gasteiger partial charge in [-0.1, -0.05) is 51.1 Å². The fourth-order valence-electron chi connectivity index (χ4n) is 13.2. The van der Waals surface area contributed by atoms with Crippen LogP contribution < -0.4 is 20.9 Å². The molecule has 2 fully saturated rings. The van der Waals surface area contributed by atoms with Crippen LogP contribution in [0.3, 0.4) is 0 Å². The minimum atomic E-state index is -2.32. The molecule has 1 aliphatic carbocycles. The Kier molecular flexibility index (Phi) is 10.5. The number of anilines is 1. The number of carbonyl (C=O) groups is 3. The molecule has 1 saturated heterocycles. The third-order valence-corrected chi connectivity index (χ3v) is 15.3. The van der Waals surface area contributed by atoms with Gasteiger partial charge < -0.3 is 39.2 Å². The summed E-state index contributed by atoms with van der Waals surface area (Å²) < 4.78 is 18.4. The zero-order valence-electron chi connectivity index (χ0n) is 36.3. The van der Waals surface area contributed by atoms with Gasteiger partial charge in [0.15, 0.2) is 6.10 Å². The normalized spacial score (nSPS) is 35.1. The number of hydrazine groups is 1. The van der Waals surface area contributed by atoms with Crippen molar-refractivity contribution >= 4 is 34.4 Å². The molecule has 60 heavy (non-hydrogen) atoms. The van der Waals surface area contributed by atoms with Crippen LogP contribution >= 0.6 is 0 Å². The Morgan fingerprint density at radius 1 is 1.02 bits per heavy atom. The number of esters is 2. The van der Waals surface area contributed by atoms with E-state index in [1.54, 1.807) is 7.11 Å². The van der Waals surface area contributed by atoms with E-state index in [0.717, 1.165) is 27.7 Å². The van der Waals surface area contributed by atoms with E-state index in [1.165, 1.54) is 14.0 Å². The number of rotatable bonds is 7. The van der Waals surface area contributed by atoms with E-state index < -0.39 is 57.4 Å². The molecule has 14 heteroatoms. The van der Waals surface area contributed by atoms with Crippen LogP contribution in [0.2, 0.25) is 0 Å². The Labute approximate surface area is 352 Å². The number of β-amino-alcohol motifs (C(OH)–C–C–N with tert-alkyl or cyclic N) is 1. The maximum atomic E-state index is 15.3. The molecule has 0 bridgehead atoms. The second-order valence-corrected chi connectivity index (χ2v) is 18.4. The topological polar surface area (TPSA) is 183 Å². The summed E-state index contributed by atoms with van der Waals surface area (Å²) in [5.74, 6) is 4.24. The zero-order valence-corrected chi connectivity index (χ0v) is 36.3. The highest BCUT2D eigenvalue weighted by molar-refractivity contribution is 5.95. The fourth-order valence-corrected chi connectivity index (χ4v) is 13.2. The summed E-state index contributed by atoms with van der Waals surface area (Å²) >= 11 is 0. The largest absolute Gasteiger partial charge is 0.496 e. The number of nitrogens with two attached hydrogens (primary N) is 1. The van der Waals surface area contributed by atoms with E-state index in [-0.39, 0.29) is 18.4 Å². The number of likely N-dealkylation sites (N-methyl/N-ethyl adjacent to an activating group) is 2. The molecule has 1 amide bonds. The number of hydrogen-bond acceptors (Lipinski definition) is 12. The number of methoxy groups -OCH3 is 2. The molecule has 5 aliphatic rings. The third kappa shape index (κ3) is 5.66. The smallest absolute Gasteiger partial charge is 0.322 e. The predicted molar refractivity (Wildman–Crippen MR) is 227 cm³/mol. The average Bonchev–Trinajstić information content (AvgIpc) is 3.89. The van der Waals surface area contributed by atoms with Crippen molar-refractivity contribution in [2.24, 2.45) is 17.2 Å². The molecule has 2 aromatic carbocycles. The van der Waals surface area contributed by atoms with Crippen molar-refractivity contribution in [2.45, 2.75) is 106 Å². The van der Waals surface area contributed by atoms with Crippen LogP contribution in [0.25, 0.3) is 10.9 Å². The number of aliphatic hydroxyl groups is 2. The molecular formula is C46H62N6O8. The van der Waals surface area contributed by atoms with Crippen molar-refractivity contribution in [1.29, 1.82) is 0 Å². The number of carbonyl (C=O) groups excluding carboxylic acids is 3. The van der Waals surface area contributed by atoms with Crippen molar-refractivity contribution in [3.63, 3.8) is 0 Å². The summed E-state index contributed by atoms with van der Waals surface area (Å²) in [6.45, 7) is 9.77. The Bertz CT molecular complexity index is 2240. The number of nitrogens with zero attached hydrogens (tertiary/aromatic N) is 3. The molecule has 1 aromatic heterocycles. The van der Waals surface area contributed by atoms with Gasteiger partial charge in [0.25, 0.3) is 5.91 Å². The number of ether oxygens (including phenoxy) is 3. The second-order valence-electron chi connectivity index (χ2n) is 18.4. The van der Waals surface area contributed by atoms with Gasteiger partial charge >= 0.3 is 11.9 Å². The lowest BCUT2D eigenvalue weighted by atomic mass is 9.47. The average molecular weight is 827 g/mol. The number of hydrogen-bond donors (Lipinski definition) is 5. The monoisotopic (exact) mass is 826 g/mol. The first-order valence-electron chi connectivity index (χ1n) is 21.4. The first-order valence-corrected chi connectivity index (χ1v) is 21.4. The molecule has 9 atom stereocenters. The fraction of sp³-hybridized carbons (Fsp3) is 0.587. The number of aromatic amines is 1. The van der Waals surface area contributed by atoms with Gasteiger partial charge in [-0.25, -0.2) is 5.84 Å². The van der Waals surface area contributed by atoms with Crippen LogP contribution in [-0.4, -0.2) is 127 Å². The molecular weight excluding hydrogens is 765 g/mol. The molecule has 6 N–H and O–H groups in total. The van der Waals surface area contributed by atoms with Crippen LogP contribution in [-0.2, 0) is 41.1 Å². The minimum Gasteiger partial charge on any atom is -0.496 e. The van der Waals surface area contributed by atoms with Crippen LogP contribution in [0.4, 0.5) is 5.69 Å². The SMILES string of the molecule is CC[C@]1(O)C[C@H](C)C[C@](C(=O)OC)(c2cc3c(cc2OC)N(C)[C@H]2[C@@](O)(C(=O)NN)[C@H](OC(C)=O)[C@]4(CC)C=CCN5CC[C@]32[C@@H]54)c2[nH]c3ccccc3c2CCN(C)C1. The third-order valence-electron chi connectivity index (χ3n) is 15.3. The van der Waals surface area contributed by atoms with Crippen molar-refractivity contribution in [3.8, 4) is 5.75 Å². The number of nitrogens with one attached hydrogen (secondary N) is 2. The van der Waals surface area contributed by atoms with Crippen molar-refractivity contribution in [2.75, 3.05) is 59.4 Å². The highest BCUT2D eigenvalue weighted by Gasteiger charge is 2.80. The van der Waals surface area contributed by atoms with Gasteiger partial charge in [-0.2, -0.15) is 0 Å². The summed E-state index contributed by atoms with van der Waals surface area (Å²) in [5, 5.41) is 26.4. The van der Waals surface area contributed by atoms with Gasteiger partial charge in [-0.3, -0.25) is 24.7 Å². The summed E-state index contributed by atoms with van der Waals surface area (Å²) in [5.41, 5.74) is 0.259. The molecule has 1 spiro atoms. The highest BCUT2D eigenvalue weighted by atomic mass is 16.6.